The number of nitrogens with one attached hydrogen (secondary N) is 3. The topological polar surface area (TPSA) is 185 Å². The first kappa shape index (κ1) is 52.9. The van der Waals surface area contributed by atoms with Crippen molar-refractivity contribution < 1.29 is 47.7 Å². The second kappa shape index (κ2) is 25.6. The van der Waals surface area contributed by atoms with Gasteiger partial charge in [0.15, 0.2) is 0 Å². The van der Waals surface area contributed by atoms with E-state index in [1.807, 2.05) is 70.0 Å². The van der Waals surface area contributed by atoms with Crippen LogP contribution in [-0.2, 0) is 49.3 Å². The van der Waals surface area contributed by atoms with Crippen LogP contribution in [0.4, 0.5) is 4.79 Å². The van der Waals surface area contributed by atoms with Gasteiger partial charge in [0, 0.05) is 47.3 Å². The highest BCUT2D eigenvalue weighted by atomic mass is 16.6. The lowest BCUT2D eigenvalue weighted by Crippen LogP contribution is -2.55. The van der Waals surface area contributed by atoms with Gasteiger partial charge >= 0.3 is 12.1 Å². The van der Waals surface area contributed by atoms with Gasteiger partial charge in [-0.15, -0.1) is 0 Å². The maximum Gasteiger partial charge on any atom is 0.407 e. The highest BCUT2D eigenvalue weighted by molar-refractivity contribution is 5.88. The SMILES string of the molecule is CCC(C)C(C(CC(=O)N1CCCC1C(OC)C(C)C(=O)NC(Cc1ccccc1)C(=O)OC)OC)N(C)C(=O)CNC(=O)C(C(C)C)N(C)CCCNC(=O)OC(C)(C)C. The van der Waals surface area contributed by atoms with Crippen molar-refractivity contribution in [2.24, 2.45) is 17.8 Å². The smallest absolute Gasteiger partial charge is 0.407 e. The maximum atomic E-state index is 14.2. The van der Waals surface area contributed by atoms with Gasteiger partial charge in [-0.3, -0.25) is 24.1 Å². The number of hydrogen-bond donors (Lipinski definition) is 3. The van der Waals surface area contributed by atoms with E-state index < -0.39 is 65.9 Å². The van der Waals surface area contributed by atoms with Crippen molar-refractivity contribution in [3.8, 4) is 0 Å². The Morgan fingerprint density at radius 2 is 1.57 bits per heavy atom. The van der Waals surface area contributed by atoms with Crippen molar-refractivity contribution in [3.05, 3.63) is 35.9 Å². The maximum absolute atomic E-state index is 14.2. The fourth-order valence-electron chi connectivity index (χ4n) is 8.19. The molecule has 3 N–H and O–H groups in total. The van der Waals surface area contributed by atoms with E-state index in [4.69, 9.17) is 18.9 Å². The van der Waals surface area contributed by atoms with Crippen LogP contribution in [0.25, 0.3) is 0 Å². The molecule has 0 aliphatic carbocycles. The third-order valence-electron chi connectivity index (χ3n) is 11.5. The lowest BCUT2D eigenvalue weighted by atomic mass is 9.90. The van der Waals surface area contributed by atoms with E-state index in [1.165, 1.54) is 21.3 Å². The molecule has 61 heavy (non-hydrogen) atoms. The molecule has 346 valence electrons. The van der Waals surface area contributed by atoms with E-state index in [0.29, 0.717) is 45.3 Å². The van der Waals surface area contributed by atoms with Crippen molar-refractivity contribution in [3.63, 3.8) is 0 Å². The van der Waals surface area contributed by atoms with Crippen molar-refractivity contribution in [2.45, 2.75) is 136 Å². The van der Waals surface area contributed by atoms with Gasteiger partial charge in [0.05, 0.1) is 56.3 Å². The Kier molecular flexibility index (Phi) is 22.2. The van der Waals surface area contributed by atoms with Crippen LogP contribution in [-0.4, -0.2) is 154 Å². The van der Waals surface area contributed by atoms with Gasteiger partial charge in [-0.1, -0.05) is 71.4 Å². The fourth-order valence-corrected chi connectivity index (χ4v) is 8.19. The standard InChI is InChI=1S/C45H76N6O10/c1-14-30(4)39(50(10)37(53)28-47-42(55)38(29(2)3)49(9)24-19-23-46-44(57)61-45(6,7)8)35(58-11)27-36(52)51-25-18-22-34(51)40(59-12)31(5)41(54)48-33(43(56)60-13)26-32-20-16-15-17-21-32/h15-17,20-21,29-31,33-35,38-40H,14,18-19,22-28H2,1-13H3,(H,46,57)(H,47,55)(H,48,54). The molecule has 5 amide bonds. The van der Waals surface area contributed by atoms with Gasteiger partial charge in [-0.25, -0.2) is 9.59 Å². The Morgan fingerprint density at radius 3 is 2.13 bits per heavy atom. The van der Waals surface area contributed by atoms with Gasteiger partial charge < -0.3 is 44.7 Å². The van der Waals surface area contributed by atoms with Gasteiger partial charge in [-0.2, -0.15) is 0 Å². The molecule has 1 heterocycles. The fraction of sp³-hybridized carbons (Fsp3) is 0.733. The number of likely N-dealkylation sites (tertiary alicyclic amines) is 1. The number of benzene rings is 1. The number of amides is 5. The summed E-state index contributed by atoms with van der Waals surface area (Å²) in [7, 11) is 7.84. The third kappa shape index (κ3) is 16.5. The first-order chi connectivity index (χ1) is 28.7. The molecular formula is C45H76N6O10. The molecule has 0 spiro atoms. The normalized spacial score (nSPS) is 17.7. The zero-order chi connectivity index (χ0) is 46.0. The average Bonchev–Trinajstić information content (AvgIpc) is 3.70. The Hall–Kier alpha value is -4.28. The summed E-state index contributed by atoms with van der Waals surface area (Å²) in [6.07, 6.45) is 1.03. The highest BCUT2D eigenvalue weighted by Crippen LogP contribution is 2.29. The van der Waals surface area contributed by atoms with Crippen LogP contribution in [0.1, 0.15) is 93.1 Å². The zero-order valence-electron chi connectivity index (χ0n) is 39.1. The molecular weight excluding hydrogens is 785 g/mol. The Bertz CT molecular complexity index is 1560. The van der Waals surface area contributed by atoms with Crippen molar-refractivity contribution in [1.82, 2.24) is 30.7 Å². The number of esters is 1. The number of alkyl carbamates (subject to hydrolysis) is 1. The van der Waals surface area contributed by atoms with Crippen molar-refractivity contribution in [1.29, 1.82) is 0 Å². The molecule has 1 aliphatic heterocycles. The lowest BCUT2D eigenvalue weighted by Gasteiger charge is -2.39. The summed E-state index contributed by atoms with van der Waals surface area (Å²) < 4.78 is 22.2. The number of carbonyl (C=O) groups excluding carboxylic acids is 6. The van der Waals surface area contributed by atoms with Crippen LogP contribution < -0.4 is 16.0 Å². The summed E-state index contributed by atoms with van der Waals surface area (Å²) in [5.41, 5.74) is 0.268. The molecule has 1 saturated heterocycles. The molecule has 1 aromatic carbocycles. The first-order valence-electron chi connectivity index (χ1n) is 21.7. The second-order valence-electron chi connectivity index (χ2n) is 17.6. The molecule has 8 atom stereocenters. The molecule has 2 rings (SSSR count). The largest absolute Gasteiger partial charge is 0.467 e. The quantitative estimate of drug-likeness (QED) is 0.102. The number of carbonyl (C=O) groups is 6. The molecule has 16 nitrogen and oxygen atoms in total. The van der Waals surface area contributed by atoms with Crippen molar-refractivity contribution in [2.75, 3.05) is 61.6 Å². The minimum Gasteiger partial charge on any atom is -0.467 e. The van der Waals surface area contributed by atoms with Crippen molar-refractivity contribution >= 4 is 35.7 Å². The molecule has 0 bridgehead atoms. The van der Waals surface area contributed by atoms with Crippen LogP contribution >= 0.6 is 0 Å². The zero-order valence-corrected chi connectivity index (χ0v) is 39.1. The van der Waals surface area contributed by atoms with E-state index in [9.17, 15) is 28.8 Å². The first-order valence-corrected chi connectivity index (χ1v) is 21.7. The number of hydrogen-bond acceptors (Lipinski definition) is 11. The van der Waals surface area contributed by atoms with Crippen LogP contribution in [0.3, 0.4) is 0 Å². The lowest BCUT2D eigenvalue weighted by molar-refractivity contribution is -0.148. The van der Waals surface area contributed by atoms with E-state index in [1.54, 1.807) is 44.5 Å². The predicted octanol–water partition coefficient (Wildman–Crippen LogP) is 3.79. The minimum atomic E-state index is -0.904. The number of ether oxygens (including phenoxy) is 4. The summed E-state index contributed by atoms with van der Waals surface area (Å²) >= 11 is 0. The molecule has 8 unspecified atom stereocenters. The predicted molar refractivity (Wildman–Crippen MR) is 233 cm³/mol. The van der Waals surface area contributed by atoms with Crippen LogP contribution in [0.15, 0.2) is 30.3 Å². The average molecular weight is 861 g/mol. The summed E-state index contributed by atoms with van der Waals surface area (Å²) in [6, 6.07) is 7.02. The number of methoxy groups -OCH3 is 3. The second-order valence-corrected chi connectivity index (χ2v) is 17.6. The Labute approximate surface area is 364 Å². The number of likely N-dealkylation sites (N-methyl/N-ethyl adjacent to an activating group) is 2. The molecule has 1 fully saturated rings. The number of nitrogens with zero attached hydrogens (tertiary/aromatic N) is 3. The van der Waals surface area contributed by atoms with E-state index >= 15 is 0 Å². The van der Waals surface area contributed by atoms with Crippen LogP contribution in [0.5, 0.6) is 0 Å². The summed E-state index contributed by atoms with van der Waals surface area (Å²) in [6.45, 7) is 16.1. The molecule has 0 radical (unpaired) electrons. The van der Waals surface area contributed by atoms with Crippen LogP contribution in [0.2, 0.25) is 0 Å². The highest BCUT2D eigenvalue weighted by Gasteiger charge is 2.42. The van der Waals surface area contributed by atoms with E-state index in [2.05, 4.69) is 16.0 Å². The van der Waals surface area contributed by atoms with Gasteiger partial charge in [0.2, 0.25) is 23.6 Å². The molecule has 1 aromatic rings. The molecule has 16 heteroatoms. The summed E-state index contributed by atoms with van der Waals surface area (Å²) in [5, 5.41) is 8.43. The molecule has 0 saturated carbocycles. The summed E-state index contributed by atoms with van der Waals surface area (Å²) in [5.74, 6) is -2.59. The van der Waals surface area contributed by atoms with Gasteiger partial charge in [0.1, 0.15) is 11.6 Å². The Balaban J connectivity index is 2.12. The summed E-state index contributed by atoms with van der Waals surface area (Å²) in [4.78, 5) is 85.1. The van der Waals surface area contributed by atoms with Gasteiger partial charge in [0.25, 0.3) is 0 Å². The van der Waals surface area contributed by atoms with Crippen LogP contribution in [0, 0.1) is 17.8 Å². The van der Waals surface area contributed by atoms with E-state index in [-0.39, 0.29) is 48.9 Å². The molecule has 1 aliphatic rings. The van der Waals surface area contributed by atoms with Gasteiger partial charge in [-0.05, 0) is 64.5 Å². The minimum absolute atomic E-state index is 0.0203. The Morgan fingerprint density at radius 1 is 0.918 bits per heavy atom. The monoisotopic (exact) mass is 861 g/mol. The number of rotatable bonds is 24. The third-order valence-corrected chi connectivity index (χ3v) is 11.5. The molecule has 0 aromatic heterocycles. The van der Waals surface area contributed by atoms with E-state index in [0.717, 1.165) is 5.56 Å².